The second-order valence-electron chi connectivity index (χ2n) is 8.69. The lowest BCUT2D eigenvalue weighted by molar-refractivity contribution is 0.0789. The number of methoxy groups -OCH3 is 1. The summed E-state index contributed by atoms with van der Waals surface area (Å²) in [6.45, 7) is 2.36. The van der Waals surface area contributed by atoms with Gasteiger partial charge in [-0.15, -0.1) is 0 Å². The normalized spacial score (nSPS) is 16.9. The quantitative estimate of drug-likeness (QED) is 0.461. The molecule has 2 aliphatic heterocycles. The van der Waals surface area contributed by atoms with Gasteiger partial charge in [0.25, 0.3) is 5.91 Å². The summed E-state index contributed by atoms with van der Waals surface area (Å²) in [6.07, 6.45) is 3.57. The van der Waals surface area contributed by atoms with Crippen LogP contribution in [0, 0.1) is 0 Å². The third-order valence-electron chi connectivity index (χ3n) is 6.29. The van der Waals surface area contributed by atoms with Crippen LogP contribution < -0.4 is 14.2 Å². The zero-order valence-electron chi connectivity index (χ0n) is 20.2. The second kappa shape index (κ2) is 11.2. The Bertz CT molecular complexity index is 1280. The Hall–Kier alpha value is -2.67. The van der Waals surface area contributed by atoms with Crippen LogP contribution in [0.15, 0.2) is 52.3 Å². The zero-order chi connectivity index (χ0) is 25.8. The van der Waals surface area contributed by atoms with Crippen molar-refractivity contribution in [2.45, 2.75) is 35.5 Å². The molecule has 0 unspecified atom stereocenters. The van der Waals surface area contributed by atoms with Crippen molar-refractivity contribution in [1.82, 2.24) is 13.9 Å². The number of likely N-dealkylation sites (tertiary alicyclic amines) is 1. The molecule has 0 spiro atoms. The third kappa shape index (κ3) is 5.83. The number of sulfonamides is 2. The van der Waals surface area contributed by atoms with E-state index in [1.165, 1.54) is 41.7 Å². The highest BCUT2D eigenvalue weighted by molar-refractivity contribution is 7.89. The van der Waals surface area contributed by atoms with E-state index in [4.69, 9.17) is 9.47 Å². The van der Waals surface area contributed by atoms with E-state index in [2.05, 4.69) is 4.72 Å². The lowest BCUT2D eigenvalue weighted by atomic mass is 10.1. The molecule has 2 saturated heterocycles. The van der Waals surface area contributed by atoms with E-state index >= 15 is 0 Å². The van der Waals surface area contributed by atoms with Crippen molar-refractivity contribution < 1.29 is 31.1 Å². The van der Waals surface area contributed by atoms with Crippen LogP contribution in [0.3, 0.4) is 0 Å². The van der Waals surface area contributed by atoms with Crippen LogP contribution in [0.5, 0.6) is 11.5 Å². The molecule has 0 bridgehead atoms. The molecule has 12 heteroatoms. The minimum absolute atomic E-state index is 0.0163. The molecule has 196 valence electrons. The predicted octanol–water partition coefficient (Wildman–Crippen LogP) is 2.07. The number of rotatable bonds is 10. The SMILES string of the molecule is COc1ccc(S(=O)(=O)NCCOc2ccc(S(=O)(=O)N3CCCC3)cc2)cc1C(=O)N1CCCC1. The van der Waals surface area contributed by atoms with Gasteiger partial charge in [0, 0.05) is 32.7 Å². The van der Waals surface area contributed by atoms with E-state index in [0.717, 1.165) is 25.7 Å². The Kier molecular flexibility index (Phi) is 8.18. The highest BCUT2D eigenvalue weighted by Crippen LogP contribution is 2.26. The number of hydrogen-bond donors (Lipinski definition) is 1. The van der Waals surface area contributed by atoms with Gasteiger partial charge in [-0.2, -0.15) is 4.31 Å². The lowest BCUT2D eigenvalue weighted by Gasteiger charge is -2.18. The maximum Gasteiger partial charge on any atom is 0.257 e. The van der Waals surface area contributed by atoms with Gasteiger partial charge in [-0.05, 0) is 68.1 Å². The van der Waals surface area contributed by atoms with Crippen molar-refractivity contribution in [3.05, 3.63) is 48.0 Å². The average Bonchev–Trinajstić information content (AvgIpc) is 3.61. The molecule has 0 saturated carbocycles. The largest absolute Gasteiger partial charge is 0.496 e. The molecule has 2 aliphatic rings. The van der Waals surface area contributed by atoms with Crippen LogP contribution in [0.4, 0.5) is 0 Å². The number of benzene rings is 2. The maximum absolute atomic E-state index is 12.9. The number of nitrogens with zero attached hydrogens (tertiary/aromatic N) is 2. The molecule has 4 rings (SSSR count). The Morgan fingerprint density at radius 3 is 2.14 bits per heavy atom. The summed E-state index contributed by atoms with van der Waals surface area (Å²) in [7, 11) is -5.96. The lowest BCUT2D eigenvalue weighted by Crippen LogP contribution is -2.30. The van der Waals surface area contributed by atoms with Crippen molar-refractivity contribution in [1.29, 1.82) is 0 Å². The zero-order valence-corrected chi connectivity index (χ0v) is 21.8. The van der Waals surface area contributed by atoms with Crippen molar-refractivity contribution in [3.8, 4) is 11.5 Å². The number of nitrogens with one attached hydrogen (secondary N) is 1. The van der Waals surface area contributed by atoms with Crippen LogP contribution in [0.25, 0.3) is 0 Å². The van der Waals surface area contributed by atoms with E-state index in [9.17, 15) is 21.6 Å². The van der Waals surface area contributed by atoms with E-state index < -0.39 is 20.0 Å². The molecule has 1 amide bonds. The summed E-state index contributed by atoms with van der Waals surface area (Å²) >= 11 is 0. The molecule has 0 radical (unpaired) electrons. The first kappa shape index (κ1) is 26.4. The van der Waals surface area contributed by atoms with Gasteiger partial charge in [0.2, 0.25) is 20.0 Å². The van der Waals surface area contributed by atoms with Gasteiger partial charge in [-0.3, -0.25) is 4.79 Å². The van der Waals surface area contributed by atoms with Crippen molar-refractivity contribution in [2.24, 2.45) is 0 Å². The second-order valence-corrected chi connectivity index (χ2v) is 12.4. The predicted molar refractivity (Wildman–Crippen MR) is 133 cm³/mol. The number of carbonyl (C=O) groups is 1. The Morgan fingerprint density at radius 2 is 1.50 bits per heavy atom. The van der Waals surface area contributed by atoms with Gasteiger partial charge in [-0.1, -0.05) is 0 Å². The average molecular weight is 538 g/mol. The van der Waals surface area contributed by atoms with Gasteiger partial charge in [0.05, 0.1) is 22.5 Å². The molecular formula is C24H31N3O7S2. The van der Waals surface area contributed by atoms with Crippen LogP contribution >= 0.6 is 0 Å². The molecule has 36 heavy (non-hydrogen) atoms. The van der Waals surface area contributed by atoms with Gasteiger partial charge >= 0.3 is 0 Å². The smallest absolute Gasteiger partial charge is 0.257 e. The standard InChI is InChI=1S/C24H31N3O7S2/c1-33-23-11-10-21(18-22(23)24(28)26-13-2-3-14-26)35(29,30)25-12-17-34-19-6-8-20(9-7-19)36(31,32)27-15-4-5-16-27/h6-11,18,25H,2-5,12-17H2,1H3. The van der Waals surface area contributed by atoms with Crippen molar-refractivity contribution in [3.63, 3.8) is 0 Å². The summed E-state index contributed by atoms with van der Waals surface area (Å²) in [6, 6.07) is 10.3. The van der Waals surface area contributed by atoms with Gasteiger partial charge in [-0.25, -0.2) is 21.6 Å². The number of amides is 1. The summed E-state index contributed by atoms with van der Waals surface area (Å²) in [5.41, 5.74) is 0.211. The fraction of sp³-hybridized carbons (Fsp3) is 0.458. The Balaban J connectivity index is 1.34. The number of carbonyl (C=O) groups excluding carboxylic acids is 1. The minimum Gasteiger partial charge on any atom is -0.496 e. The van der Waals surface area contributed by atoms with Gasteiger partial charge in [0.15, 0.2) is 0 Å². The van der Waals surface area contributed by atoms with Crippen molar-refractivity contribution >= 4 is 26.0 Å². The summed E-state index contributed by atoms with van der Waals surface area (Å²) in [5, 5.41) is 0. The van der Waals surface area contributed by atoms with E-state index in [-0.39, 0.29) is 34.4 Å². The molecule has 0 aromatic heterocycles. The molecule has 2 aromatic rings. The minimum atomic E-state index is -3.90. The molecule has 10 nitrogen and oxygen atoms in total. The molecule has 1 N–H and O–H groups in total. The maximum atomic E-state index is 12.9. The molecular weight excluding hydrogens is 506 g/mol. The summed E-state index contributed by atoms with van der Waals surface area (Å²) in [4.78, 5) is 14.7. The Morgan fingerprint density at radius 1 is 0.889 bits per heavy atom. The van der Waals surface area contributed by atoms with Crippen molar-refractivity contribution in [2.75, 3.05) is 46.4 Å². The fourth-order valence-corrected chi connectivity index (χ4v) is 6.88. The first-order chi connectivity index (χ1) is 17.2. The van der Waals surface area contributed by atoms with Crippen LogP contribution in [0.1, 0.15) is 36.0 Å². The van der Waals surface area contributed by atoms with E-state index in [0.29, 0.717) is 37.7 Å². The first-order valence-electron chi connectivity index (χ1n) is 11.9. The van der Waals surface area contributed by atoms with Crippen LogP contribution in [-0.2, 0) is 20.0 Å². The first-order valence-corrected chi connectivity index (χ1v) is 14.8. The fourth-order valence-electron chi connectivity index (χ4n) is 4.33. The summed E-state index contributed by atoms with van der Waals surface area (Å²) in [5.74, 6) is 0.502. The molecule has 0 aliphatic carbocycles. The molecule has 0 atom stereocenters. The Labute approximate surface area is 212 Å². The van der Waals surface area contributed by atoms with Gasteiger partial charge in [0.1, 0.15) is 18.1 Å². The number of ether oxygens (including phenoxy) is 2. The number of hydrogen-bond acceptors (Lipinski definition) is 7. The highest BCUT2D eigenvalue weighted by atomic mass is 32.2. The summed E-state index contributed by atoms with van der Waals surface area (Å²) < 4.78 is 65.7. The van der Waals surface area contributed by atoms with Crippen LogP contribution in [-0.4, -0.2) is 78.4 Å². The molecule has 2 heterocycles. The highest BCUT2D eigenvalue weighted by Gasteiger charge is 2.27. The van der Waals surface area contributed by atoms with E-state index in [1.54, 1.807) is 17.0 Å². The van der Waals surface area contributed by atoms with E-state index in [1.807, 2.05) is 0 Å². The monoisotopic (exact) mass is 537 g/mol. The topological polar surface area (TPSA) is 122 Å². The third-order valence-corrected chi connectivity index (χ3v) is 9.67. The molecule has 2 fully saturated rings. The van der Waals surface area contributed by atoms with Gasteiger partial charge < -0.3 is 14.4 Å². The van der Waals surface area contributed by atoms with Crippen LogP contribution in [0.2, 0.25) is 0 Å². The molecule has 2 aromatic carbocycles.